The number of rotatable bonds is 10. The first-order chi connectivity index (χ1) is 28.0. The molecule has 0 bridgehead atoms. The Balaban J connectivity index is 0.000000177. The fourth-order valence-electron chi connectivity index (χ4n) is 7.95. The smallest absolute Gasteiger partial charge is 0.223 e. The first kappa shape index (κ1) is 40.7. The molecule has 2 aliphatic heterocycles. The van der Waals surface area contributed by atoms with E-state index in [1.165, 1.54) is 0 Å². The Morgan fingerprint density at radius 1 is 0.690 bits per heavy atom. The van der Waals surface area contributed by atoms with Crippen LogP contribution in [0.5, 0.6) is 0 Å². The minimum atomic E-state index is -0.349. The van der Waals surface area contributed by atoms with Crippen molar-refractivity contribution < 1.29 is 19.1 Å². The first-order valence-electron chi connectivity index (χ1n) is 20.4. The third-order valence-corrected chi connectivity index (χ3v) is 11.8. The van der Waals surface area contributed by atoms with Crippen molar-refractivity contribution in [3.8, 4) is 0 Å². The molecule has 0 radical (unpaired) electrons. The van der Waals surface area contributed by atoms with Crippen LogP contribution in [0.15, 0.2) is 85.2 Å². The summed E-state index contributed by atoms with van der Waals surface area (Å²) in [5, 5.41) is 0. The van der Waals surface area contributed by atoms with E-state index in [-0.39, 0.29) is 17.2 Å². The summed E-state index contributed by atoms with van der Waals surface area (Å²) >= 11 is 0. The molecule has 0 aliphatic carbocycles. The molecule has 6 aromatic rings. The van der Waals surface area contributed by atoms with Crippen molar-refractivity contribution in [3.05, 3.63) is 108 Å². The lowest BCUT2D eigenvalue weighted by molar-refractivity contribution is -0.117. The van der Waals surface area contributed by atoms with Gasteiger partial charge in [-0.15, -0.1) is 0 Å². The lowest BCUT2D eigenvalue weighted by Gasteiger charge is -2.28. The van der Waals surface area contributed by atoms with Gasteiger partial charge in [0.2, 0.25) is 11.8 Å². The molecule has 2 saturated heterocycles. The van der Waals surface area contributed by atoms with E-state index in [1.54, 1.807) is 37.7 Å². The maximum absolute atomic E-state index is 11.8. The zero-order valence-electron chi connectivity index (χ0n) is 34.7. The molecule has 0 saturated carbocycles. The minimum absolute atomic E-state index is 0.00465. The summed E-state index contributed by atoms with van der Waals surface area (Å²) < 4.78 is 15.8. The molecule has 12 nitrogen and oxygen atoms in total. The molecule has 2 aliphatic rings. The van der Waals surface area contributed by atoms with Gasteiger partial charge in [-0.25, -0.2) is 9.97 Å². The molecule has 12 heteroatoms. The van der Waals surface area contributed by atoms with E-state index in [0.717, 1.165) is 122 Å². The number of pyridine rings is 2. The summed E-state index contributed by atoms with van der Waals surface area (Å²) in [6, 6.07) is 24.2. The van der Waals surface area contributed by atoms with E-state index in [0.29, 0.717) is 18.3 Å². The molecule has 8 rings (SSSR count). The van der Waals surface area contributed by atoms with Gasteiger partial charge in [0.25, 0.3) is 0 Å². The highest BCUT2D eigenvalue weighted by atomic mass is 16.5. The molecule has 304 valence electrons. The number of hydrogen-bond donors (Lipinski definition) is 0. The van der Waals surface area contributed by atoms with E-state index in [4.69, 9.17) is 19.4 Å². The predicted molar refractivity (Wildman–Crippen MR) is 228 cm³/mol. The van der Waals surface area contributed by atoms with Gasteiger partial charge in [0.05, 0.1) is 33.2 Å². The van der Waals surface area contributed by atoms with Crippen LogP contribution in [0.25, 0.3) is 22.1 Å². The predicted octanol–water partition coefficient (Wildman–Crippen LogP) is 7.60. The monoisotopic (exact) mass is 784 g/mol. The van der Waals surface area contributed by atoms with Crippen LogP contribution < -0.4 is 9.80 Å². The maximum Gasteiger partial charge on any atom is 0.223 e. The van der Waals surface area contributed by atoms with Gasteiger partial charge in [0, 0.05) is 103 Å². The molecule has 0 spiro atoms. The number of hydrogen-bond acceptors (Lipinski definition) is 8. The maximum atomic E-state index is 11.8. The number of ether oxygens (including phenoxy) is 2. The number of carbonyl (C=O) groups excluding carboxylic acids is 2. The Morgan fingerprint density at radius 2 is 1.21 bits per heavy atom. The second-order valence-electron chi connectivity index (χ2n) is 16.1. The molecule has 0 atom stereocenters. The number of fused-ring (bicyclic) bond motifs is 2. The van der Waals surface area contributed by atoms with Crippen LogP contribution >= 0.6 is 0 Å². The Kier molecular flexibility index (Phi) is 12.6. The van der Waals surface area contributed by atoms with Crippen LogP contribution in [0, 0.1) is 11.8 Å². The van der Waals surface area contributed by atoms with Crippen molar-refractivity contribution in [1.29, 1.82) is 0 Å². The zero-order valence-corrected chi connectivity index (χ0v) is 34.7. The molecule has 2 aromatic carbocycles. The molecule has 0 N–H and O–H groups in total. The molecule has 6 heterocycles. The minimum Gasteiger partial charge on any atom is -0.381 e. The van der Waals surface area contributed by atoms with Crippen molar-refractivity contribution in [2.45, 2.75) is 78.3 Å². The second kappa shape index (κ2) is 18.0. The van der Waals surface area contributed by atoms with E-state index < -0.39 is 0 Å². The number of benzene rings is 2. The number of aromatic nitrogens is 6. The molecule has 2 amide bonds. The van der Waals surface area contributed by atoms with Gasteiger partial charge in [-0.3, -0.25) is 19.6 Å². The van der Waals surface area contributed by atoms with E-state index in [1.807, 2.05) is 67.0 Å². The fourth-order valence-corrected chi connectivity index (χ4v) is 7.95. The van der Waals surface area contributed by atoms with Crippen LogP contribution in [0.4, 0.5) is 11.4 Å². The van der Waals surface area contributed by atoms with E-state index >= 15 is 0 Å². The fraction of sp³-hybridized carbons (Fsp3) is 0.435. The number of amides is 2. The van der Waals surface area contributed by atoms with E-state index in [2.05, 4.69) is 51.1 Å². The average Bonchev–Trinajstić information content (AvgIpc) is 3.78. The number of nitrogens with zero attached hydrogens (tertiary/aromatic N) is 8. The lowest BCUT2D eigenvalue weighted by Crippen LogP contribution is -2.28. The van der Waals surface area contributed by atoms with Crippen molar-refractivity contribution >= 4 is 45.3 Å². The lowest BCUT2D eigenvalue weighted by atomic mass is 9.87. The van der Waals surface area contributed by atoms with Gasteiger partial charge in [-0.1, -0.05) is 12.1 Å². The molecule has 4 aromatic heterocycles. The molecular formula is C46H56N8O4. The first-order valence-corrected chi connectivity index (χ1v) is 20.4. The Bertz CT molecular complexity index is 2330. The molecule has 2 fully saturated rings. The summed E-state index contributed by atoms with van der Waals surface area (Å²) in [5.74, 6) is 3.19. The summed E-state index contributed by atoms with van der Waals surface area (Å²) in [4.78, 5) is 46.0. The van der Waals surface area contributed by atoms with Crippen LogP contribution in [0.2, 0.25) is 0 Å². The standard InChI is InChI=1S/C24H30N4O2.C22H26N4O2/c1-17(29)27(4)19-8-9-21-20(15-19)26-23(24(2,3)22-7-5-6-12-25-22)28(21)16-18-10-13-30-14-11-18;1-16(27)25(2)19-6-7-21-20(14-19)24-22(13-18-5-3-4-10-23-18)26(21)15-17-8-11-28-12-9-17/h5-9,12,15,18H,10-11,13-14,16H2,1-4H3;3-7,10,14,17H,8-9,11-13,15H2,1-2H3. The van der Waals surface area contributed by atoms with Gasteiger partial charge < -0.3 is 28.4 Å². The van der Waals surface area contributed by atoms with Crippen molar-refractivity contribution in [2.75, 3.05) is 50.3 Å². The van der Waals surface area contributed by atoms with Crippen molar-refractivity contribution in [1.82, 2.24) is 29.1 Å². The van der Waals surface area contributed by atoms with Gasteiger partial charge in [-0.05, 0) is 112 Å². The van der Waals surface area contributed by atoms with Crippen LogP contribution in [-0.2, 0) is 44.0 Å². The van der Waals surface area contributed by atoms with Crippen molar-refractivity contribution in [2.24, 2.45) is 11.8 Å². The SMILES string of the molecule is CC(=O)N(C)c1ccc2c(c1)nc(C(C)(C)c1ccccn1)n2CC1CCOCC1.CC(=O)N(C)c1ccc2c(c1)nc(Cc1ccccn1)n2CC1CCOCC1. The van der Waals surface area contributed by atoms with Gasteiger partial charge in [0.15, 0.2) is 0 Å². The highest BCUT2D eigenvalue weighted by Gasteiger charge is 2.32. The second-order valence-corrected chi connectivity index (χ2v) is 16.1. The Morgan fingerprint density at radius 3 is 1.72 bits per heavy atom. The van der Waals surface area contributed by atoms with E-state index in [9.17, 15) is 9.59 Å². The van der Waals surface area contributed by atoms with Gasteiger partial charge in [-0.2, -0.15) is 0 Å². The third kappa shape index (κ3) is 9.13. The average molecular weight is 785 g/mol. The number of carbonyl (C=O) groups is 2. The molecular weight excluding hydrogens is 729 g/mol. The van der Waals surface area contributed by atoms with Gasteiger partial charge in [0.1, 0.15) is 11.6 Å². The largest absolute Gasteiger partial charge is 0.381 e. The molecule has 0 unspecified atom stereocenters. The topological polar surface area (TPSA) is 120 Å². The third-order valence-electron chi connectivity index (χ3n) is 11.8. The summed E-state index contributed by atoms with van der Waals surface area (Å²) in [5.41, 5.74) is 7.40. The van der Waals surface area contributed by atoms with Crippen molar-refractivity contribution in [3.63, 3.8) is 0 Å². The van der Waals surface area contributed by atoms with Crippen LogP contribution in [0.1, 0.15) is 76.4 Å². The highest BCUT2D eigenvalue weighted by Crippen LogP contribution is 2.35. The normalized spacial score (nSPS) is 15.3. The summed E-state index contributed by atoms with van der Waals surface area (Å²) in [7, 11) is 3.58. The quantitative estimate of drug-likeness (QED) is 0.139. The number of imidazole rings is 2. The van der Waals surface area contributed by atoms with Crippen LogP contribution in [-0.4, -0.2) is 81.4 Å². The Hall–Kier alpha value is -5.46. The number of anilines is 2. The van der Waals surface area contributed by atoms with Crippen LogP contribution in [0.3, 0.4) is 0 Å². The highest BCUT2D eigenvalue weighted by molar-refractivity contribution is 5.94. The molecule has 58 heavy (non-hydrogen) atoms. The summed E-state index contributed by atoms with van der Waals surface area (Å²) in [6.07, 6.45) is 8.63. The van der Waals surface area contributed by atoms with Gasteiger partial charge >= 0.3 is 0 Å². The summed E-state index contributed by atoms with van der Waals surface area (Å²) in [6.45, 7) is 12.7. The zero-order chi connectivity index (χ0) is 40.8. The Labute approximate surface area is 341 Å².